The Balaban J connectivity index is 1.55. The number of ether oxygens (including phenoxy) is 1. The lowest BCUT2D eigenvalue weighted by Crippen LogP contribution is -2.31. The Morgan fingerprint density at radius 1 is 0.844 bits per heavy atom. The molecule has 32 heavy (non-hydrogen) atoms. The first-order valence-electron chi connectivity index (χ1n) is 9.94. The third kappa shape index (κ3) is 5.48. The number of amides is 2. The first-order chi connectivity index (χ1) is 15.4. The largest absolute Gasteiger partial charge is 0.456 e. The summed E-state index contributed by atoms with van der Waals surface area (Å²) in [6, 6.07) is 18.8. The molecule has 0 spiro atoms. The molecule has 0 bridgehead atoms. The molecule has 164 valence electrons. The highest BCUT2D eigenvalue weighted by molar-refractivity contribution is 6.02. The molecule has 0 aliphatic rings. The number of esters is 1. The fourth-order valence-electron chi connectivity index (χ4n) is 3.09. The molecule has 3 rings (SSSR count). The number of carbonyl (C=O) groups is 4. The van der Waals surface area contributed by atoms with Gasteiger partial charge in [-0.05, 0) is 44.2 Å². The molecule has 0 radical (unpaired) electrons. The molecule has 0 saturated carbocycles. The average molecular weight is 433 g/mol. The van der Waals surface area contributed by atoms with E-state index in [0.717, 1.165) is 0 Å². The minimum Gasteiger partial charge on any atom is -0.456 e. The fraction of sp³-hybridized carbons (Fsp3) is 0.167. The quantitative estimate of drug-likeness (QED) is 0.420. The van der Waals surface area contributed by atoms with E-state index < -0.39 is 24.3 Å². The van der Waals surface area contributed by atoms with Gasteiger partial charge < -0.3 is 10.1 Å². The second-order valence-electron chi connectivity index (χ2n) is 7.06. The van der Waals surface area contributed by atoms with Gasteiger partial charge in [0.25, 0.3) is 11.8 Å². The minimum atomic E-state index is -0.728. The van der Waals surface area contributed by atoms with Gasteiger partial charge in [0.05, 0.1) is 0 Å². The van der Waals surface area contributed by atoms with Gasteiger partial charge in [0.2, 0.25) is 5.78 Å². The van der Waals surface area contributed by atoms with Crippen LogP contribution in [-0.2, 0) is 9.53 Å². The van der Waals surface area contributed by atoms with E-state index in [1.165, 1.54) is 4.68 Å². The number of hydrogen-bond donors (Lipinski definition) is 2. The number of Topliss-reactive ketones (excluding diaryl/α,β-unsaturated/α-hetero) is 1. The molecule has 8 nitrogen and oxygen atoms in total. The zero-order valence-electron chi connectivity index (χ0n) is 17.8. The normalized spacial score (nSPS) is 10.3. The Labute approximate surface area is 185 Å². The second kappa shape index (κ2) is 10.2. The van der Waals surface area contributed by atoms with Gasteiger partial charge in [-0.1, -0.05) is 36.4 Å². The number of carbonyl (C=O) groups excluding carboxylic acids is 4. The molecule has 0 saturated heterocycles. The summed E-state index contributed by atoms with van der Waals surface area (Å²) in [5.41, 5.74) is 5.16. The summed E-state index contributed by atoms with van der Waals surface area (Å²) in [4.78, 5) is 48.9. The number of nitrogens with zero attached hydrogens (tertiary/aromatic N) is 1. The Bertz CT molecular complexity index is 1140. The van der Waals surface area contributed by atoms with Crippen LogP contribution in [0.3, 0.4) is 0 Å². The van der Waals surface area contributed by atoms with Gasteiger partial charge in [-0.25, -0.2) is 0 Å². The molecule has 8 heteroatoms. The number of nitrogens with one attached hydrogen (secondary N) is 2. The van der Waals surface area contributed by atoms with Crippen LogP contribution in [0.2, 0.25) is 0 Å². The van der Waals surface area contributed by atoms with Gasteiger partial charge in [0.1, 0.15) is 6.54 Å². The summed E-state index contributed by atoms with van der Waals surface area (Å²) in [5.74, 6) is -1.87. The van der Waals surface area contributed by atoms with E-state index in [2.05, 4.69) is 10.7 Å². The van der Waals surface area contributed by atoms with Crippen LogP contribution in [0, 0.1) is 13.8 Å². The number of ketones is 1. The van der Waals surface area contributed by atoms with Gasteiger partial charge in [-0.3, -0.25) is 29.3 Å². The van der Waals surface area contributed by atoms with Crippen molar-refractivity contribution in [3.05, 3.63) is 94.8 Å². The average Bonchev–Trinajstić information content (AvgIpc) is 3.10. The topological polar surface area (TPSA) is 106 Å². The summed E-state index contributed by atoms with van der Waals surface area (Å²) in [6.07, 6.45) is 0. The SMILES string of the molecule is Cc1cc(C(=O)COC(=O)CNC(=O)c2ccccc2)c(C)n1NC(=O)c1ccccc1. The van der Waals surface area contributed by atoms with Crippen LogP contribution in [0.4, 0.5) is 0 Å². The van der Waals surface area contributed by atoms with E-state index >= 15 is 0 Å². The highest BCUT2D eigenvalue weighted by Crippen LogP contribution is 2.15. The number of aryl methyl sites for hydroxylation is 1. The predicted molar refractivity (Wildman–Crippen MR) is 118 cm³/mol. The van der Waals surface area contributed by atoms with Crippen LogP contribution in [0.1, 0.15) is 42.5 Å². The second-order valence-corrected chi connectivity index (χ2v) is 7.06. The van der Waals surface area contributed by atoms with Crippen LogP contribution in [0.25, 0.3) is 0 Å². The minimum absolute atomic E-state index is 0.313. The van der Waals surface area contributed by atoms with Gasteiger partial charge in [-0.2, -0.15) is 0 Å². The van der Waals surface area contributed by atoms with Crippen molar-refractivity contribution in [2.45, 2.75) is 13.8 Å². The molecular weight excluding hydrogens is 410 g/mol. The number of rotatable bonds is 8. The lowest BCUT2D eigenvalue weighted by atomic mass is 10.1. The van der Waals surface area contributed by atoms with E-state index in [1.807, 2.05) is 6.07 Å². The van der Waals surface area contributed by atoms with Crippen LogP contribution < -0.4 is 10.7 Å². The first-order valence-corrected chi connectivity index (χ1v) is 9.94. The summed E-state index contributed by atoms with van der Waals surface area (Å²) >= 11 is 0. The lowest BCUT2D eigenvalue weighted by Gasteiger charge is -2.11. The van der Waals surface area contributed by atoms with E-state index in [9.17, 15) is 19.2 Å². The van der Waals surface area contributed by atoms with Crippen LogP contribution in [0.5, 0.6) is 0 Å². The van der Waals surface area contributed by atoms with Crippen LogP contribution in [0.15, 0.2) is 66.7 Å². The highest BCUT2D eigenvalue weighted by atomic mass is 16.5. The molecule has 0 atom stereocenters. The van der Waals surface area contributed by atoms with Gasteiger partial charge in [0.15, 0.2) is 6.61 Å². The van der Waals surface area contributed by atoms with E-state index in [-0.39, 0.29) is 12.5 Å². The van der Waals surface area contributed by atoms with Crippen molar-refractivity contribution >= 4 is 23.6 Å². The van der Waals surface area contributed by atoms with Crippen molar-refractivity contribution in [2.75, 3.05) is 18.6 Å². The predicted octanol–water partition coefficient (Wildman–Crippen LogP) is 2.64. The molecule has 2 amide bonds. The molecule has 1 heterocycles. The van der Waals surface area contributed by atoms with Crippen molar-refractivity contribution in [3.63, 3.8) is 0 Å². The smallest absolute Gasteiger partial charge is 0.325 e. The molecule has 2 N–H and O–H groups in total. The molecule has 0 unspecified atom stereocenters. The summed E-state index contributed by atoms with van der Waals surface area (Å²) in [6.45, 7) is 2.61. The fourth-order valence-corrected chi connectivity index (χ4v) is 3.09. The van der Waals surface area contributed by atoms with E-state index in [4.69, 9.17) is 4.74 Å². The summed E-state index contributed by atoms with van der Waals surface area (Å²) < 4.78 is 6.52. The Kier molecular flexibility index (Phi) is 7.17. The van der Waals surface area contributed by atoms with Crippen LogP contribution in [-0.4, -0.2) is 41.4 Å². The van der Waals surface area contributed by atoms with Gasteiger partial charge >= 0.3 is 5.97 Å². The molecule has 1 aromatic heterocycles. The van der Waals surface area contributed by atoms with E-state index in [1.54, 1.807) is 74.5 Å². The summed E-state index contributed by atoms with van der Waals surface area (Å²) in [7, 11) is 0. The molecule has 3 aromatic rings. The number of aromatic nitrogens is 1. The van der Waals surface area contributed by atoms with Crippen molar-refractivity contribution < 1.29 is 23.9 Å². The standard InChI is InChI=1S/C24H23N3O5/c1-16-13-20(17(2)27(16)26-24(31)19-11-7-4-8-12-19)21(28)15-32-22(29)14-25-23(30)18-9-5-3-6-10-18/h3-13H,14-15H2,1-2H3,(H,25,30)(H,26,31). The number of benzene rings is 2. The van der Waals surface area contributed by atoms with E-state index in [0.29, 0.717) is 28.1 Å². The van der Waals surface area contributed by atoms with Crippen LogP contribution >= 0.6 is 0 Å². The molecular formula is C24H23N3O5. The number of hydrogen-bond acceptors (Lipinski definition) is 5. The van der Waals surface area contributed by atoms with Gasteiger partial charge in [-0.15, -0.1) is 0 Å². The van der Waals surface area contributed by atoms with Crippen molar-refractivity contribution in [2.24, 2.45) is 0 Å². The Morgan fingerprint density at radius 3 is 2.00 bits per heavy atom. The third-order valence-electron chi connectivity index (χ3n) is 4.77. The Morgan fingerprint density at radius 2 is 1.41 bits per heavy atom. The molecule has 0 aliphatic heterocycles. The Hall–Kier alpha value is -4.20. The van der Waals surface area contributed by atoms with Crippen molar-refractivity contribution in [3.8, 4) is 0 Å². The zero-order chi connectivity index (χ0) is 23.1. The summed E-state index contributed by atoms with van der Waals surface area (Å²) in [5, 5.41) is 2.45. The highest BCUT2D eigenvalue weighted by Gasteiger charge is 2.19. The monoisotopic (exact) mass is 433 g/mol. The van der Waals surface area contributed by atoms with Crippen molar-refractivity contribution in [1.82, 2.24) is 9.99 Å². The molecule has 2 aromatic carbocycles. The zero-order valence-corrected chi connectivity index (χ0v) is 17.8. The first kappa shape index (κ1) is 22.5. The maximum Gasteiger partial charge on any atom is 0.325 e. The van der Waals surface area contributed by atoms with Crippen molar-refractivity contribution in [1.29, 1.82) is 0 Å². The maximum absolute atomic E-state index is 12.6. The molecule has 0 fully saturated rings. The molecule has 0 aliphatic carbocycles. The third-order valence-corrected chi connectivity index (χ3v) is 4.77. The lowest BCUT2D eigenvalue weighted by molar-refractivity contribution is -0.141. The van der Waals surface area contributed by atoms with Gasteiger partial charge in [0, 0.05) is 28.1 Å². The maximum atomic E-state index is 12.6.